The molecule has 0 spiro atoms. The van der Waals surface area contributed by atoms with Crippen LogP contribution in [0.15, 0.2) is 48.1 Å². The number of pyridine rings is 1. The van der Waals surface area contributed by atoms with E-state index in [1.54, 1.807) is 12.4 Å². The van der Waals surface area contributed by atoms with Crippen molar-refractivity contribution < 1.29 is 14.3 Å². The van der Waals surface area contributed by atoms with Crippen molar-refractivity contribution in [3.63, 3.8) is 0 Å². The molecule has 0 saturated heterocycles. The van der Waals surface area contributed by atoms with Gasteiger partial charge in [0.05, 0.1) is 12.1 Å². The van der Waals surface area contributed by atoms with E-state index in [1.165, 1.54) is 22.5 Å². The van der Waals surface area contributed by atoms with Gasteiger partial charge in [-0.25, -0.2) is 4.98 Å². The molecule has 2 heterocycles. The predicted molar refractivity (Wildman–Crippen MR) is 103 cm³/mol. The third-order valence-corrected chi connectivity index (χ3v) is 5.51. The third-order valence-electron chi connectivity index (χ3n) is 4.57. The lowest BCUT2D eigenvalue weighted by Crippen LogP contribution is -2.16. The fraction of sp³-hybridized carbons (Fsp3) is 0.238. The van der Waals surface area contributed by atoms with Crippen LogP contribution in [0.3, 0.4) is 0 Å². The molecule has 1 aliphatic carbocycles. The molecule has 0 unspecified atom stereocenters. The monoisotopic (exact) mass is 378 g/mol. The number of rotatable bonds is 6. The summed E-state index contributed by atoms with van der Waals surface area (Å²) in [7, 11) is 0. The predicted octanol–water partition coefficient (Wildman–Crippen LogP) is 3.66. The van der Waals surface area contributed by atoms with Crippen LogP contribution < -0.4 is 0 Å². The molecular weight excluding hydrogens is 360 g/mol. The largest absolute Gasteiger partial charge is 0.457 e. The van der Waals surface area contributed by atoms with Crippen molar-refractivity contribution in [1.82, 2.24) is 9.97 Å². The number of aryl methyl sites for hydroxylation is 2. The molecular formula is C21H18N2O3S. The van der Waals surface area contributed by atoms with Gasteiger partial charge in [-0.3, -0.25) is 14.6 Å². The van der Waals surface area contributed by atoms with Gasteiger partial charge in [0, 0.05) is 28.9 Å². The van der Waals surface area contributed by atoms with Gasteiger partial charge in [0.15, 0.2) is 12.4 Å². The summed E-state index contributed by atoms with van der Waals surface area (Å²) < 4.78 is 5.16. The minimum absolute atomic E-state index is 0.0498. The highest BCUT2D eigenvalue weighted by Gasteiger charge is 2.16. The number of hydrogen-bond donors (Lipinski definition) is 0. The van der Waals surface area contributed by atoms with Crippen molar-refractivity contribution in [3.05, 3.63) is 70.5 Å². The molecule has 0 saturated carbocycles. The number of ketones is 1. The van der Waals surface area contributed by atoms with E-state index < -0.39 is 5.97 Å². The fourth-order valence-corrected chi connectivity index (χ4v) is 3.99. The number of benzene rings is 1. The number of aromatic nitrogens is 2. The molecule has 0 atom stereocenters. The Morgan fingerprint density at radius 2 is 2.04 bits per heavy atom. The summed E-state index contributed by atoms with van der Waals surface area (Å²) in [6, 6.07) is 9.52. The summed E-state index contributed by atoms with van der Waals surface area (Å²) in [6.45, 7) is -0.239. The Morgan fingerprint density at radius 1 is 1.15 bits per heavy atom. The van der Waals surface area contributed by atoms with E-state index in [2.05, 4.69) is 9.97 Å². The van der Waals surface area contributed by atoms with Gasteiger partial charge in [-0.1, -0.05) is 12.1 Å². The lowest BCUT2D eigenvalue weighted by Gasteiger charge is -2.05. The van der Waals surface area contributed by atoms with Crippen LogP contribution in [0.5, 0.6) is 0 Å². The van der Waals surface area contributed by atoms with Crippen LogP contribution in [-0.4, -0.2) is 28.3 Å². The summed E-state index contributed by atoms with van der Waals surface area (Å²) in [6.07, 6.45) is 6.71. The number of carbonyl (C=O) groups is 2. The molecule has 0 fully saturated rings. The molecule has 136 valence electrons. The number of ether oxygens (including phenoxy) is 1. The van der Waals surface area contributed by atoms with Gasteiger partial charge < -0.3 is 4.74 Å². The Hall–Kier alpha value is -2.86. The van der Waals surface area contributed by atoms with Gasteiger partial charge >= 0.3 is 5.97 Å². The smallest absolute Gasteiger partial charge is 0.312 e. The minimum atomic E-state index is -0.451. The van der Waals surface area contributed by atoms with E-state index in [1.807, 2.05) is 35.7 Å². The maximum atomic E-state index is 12.3. The lowest BCUT2D eigenvalue weighted by atomic mass is 10.0. The summed E-state index contributed by atoms with van der Waals surface area (Å²) in [5.74, 6) is -0.625. The van der Waals surface area contributed by atoms with E-state index in [-0.39, 0.29) is 18.8 Å². The van der Waals surface area contributed by atoms with E-state index >= 15 is 0 Å². The summed E-state index contributed by atoms with van der Waals surface area (Å²) in [5.41, 5.74) is 4.70. The summed E-state index contributed by atoms with van der Waals surface area (Å²) in [4.78, 5) is 32.9. The first-order valence-electron chi connectivity index (χ1n) is 8.84. The SMILES string of the molecule is O=C(Cc1csc(-c2cccnc2)n1)OCC(=O)c1ccc2c(c1)CCC2. The van der Waals surface area contributed by atoms with Crippen LogP contribution in [0, 0.1) is 0 Å². The Kier molecular flexibility index (Phi) is 5.07. The second-order valence-electron chi connectivity index (χ2n) is 6.48. The molecule has 0 bridgehead atoms. The fourth-order valence-electron chi connectivity index (χ4n) is 3.18. The molecule has 0 N–H and O–H groups in total. The third kappa shape index (κ3) is 4.11. The molecule has 0 radical (unpaired) electrons. The number of carbonyl (C=O) groups excluding carboxylic acids is 2. The average Bonchev–Trinajstić information content (AvgIpc) is 3.35. The van der Waals surface area contributed by atoms with Crippen LogP contribution in [0.2, 0.25) is 0 Å². The average molecular weight is 378 g/mol. The number of thiazole rings is 1. The maximum absolute atomic E-state index is 12.3. The zero-order valence-corrected chi connectivity index (χ0v) is 15.5. The number of hydrogen-bond acceptors (Lipinski definition) is 6. The molecule has 3 aromatic rings. The van der Waals surface area contributed by atoms with Gasteiger partial charge in [-0.05, 0) is 48.6 Å². The van der Waals surface area contributed by atoms with Crippen LogP contribution in [-0.2, 0) is 28.8 Å². The van der Waals surface area contributed by atoms with Crippen molar-refractivity contribution in [2.75, 3.05) is 6.61 Å². The van der Waals surface area contributed by atoms with E-state index in [0.29, 0.717) is 11.3 Å². The second-order valence-corrected chi connectivity index (χ2v) is 7.34. The highest BCUT2D eigenvalue weighted by atomic mass is 32.1. The molecule has 2 aromatic heterocycles. The van der Waals surface area contributed by atoms with Crippen LogP contribution in [0.1, 0.15) is 33.6 Å². The quantitative estimate of drug-likeness (QED) is 0.484. The van der Waals surface area contributed by atoms with Gasteiger partial charge in [0.2, 0.25) is 0 Å². The van der Waals surface area contributed by atoms with Gasteiger partial charge in [0.1, 0.15) is 5.01 Å². The van der Waals surface area contributed by atoms with Crippen LogP contribution in [0.4, 0.5) is 0 Å². The normalized spacial score (nSPS) is 12.6. The first kappa shape index (κ1) is 17.5. The zero-order valence-electron chi connectivity index (χ0n) is 14.7. The molecule has 0 amide bonds. The molecule has 27 heavy (non-hydrogen) atoms. The Balaban J connectivity index is 1.32. The summed E-state index contributed by atoms with van der Waals surface area (Å²) in [5, 5.41) is 2.63. The Morgan fingerprint density at radius 3 is 2.89 bits per heavy atom. The highest BCUT2D eigenvalue weighted by Crippen LogP contribution is 2.24. The zero-order chi connectivity index (χ0) is 18.6. The van der Waals surface area contributed by atoms with Gasteiger partial charge in [-0.2, -0.15) is 0 Å². The maximum Gasteiger partial charge on any atom is 0.312 e. The molecule has 1 aromatic carbocycles. The molecule has 1 aliphatic rings. The number of nitrogens with zero attached hydrogens (tertiary/aromatic N) is 2. The highest BCUT2D eigenvalue weighted by molar-refractivity contribution is 7.13. The Bertz CT molecular complexity index is 982. The van der Waals surface area contributed by atoms with Gasteiger partial charge in [0.25, 0.3) is 0 Å². The standard InChI is InChI=1S/C21H18N2O3S/c24-19(16-7-6-14-3-1-4-15(14)9-16)12-26-20(25)10-18-13-27-21(23-18)17-5-2-8-22-11-17/h2,5-9,11,13H,1,3-4,10,12H2. The van der Waals surface area contributed by atoms with E-state index in [9.17, 15) is 9.59 Å². The molecule has 6 heteroatoms. The first-order chi connectivity index (χ1) is 13.2. The number of esters is 1. The molecule has 4 rings (SSSR count). The Labute approximate surface area is 161 Å². The topological polar surface area (TPSA) is 69.2 Å². The van der Waals surface area contributed by atoms with Gasteiger partial charge in [-0.15, -0.1) is 11.3 Å². The van der Waals surface area contributed by atoms with Crippen molar-refractivity contribution in [2.24, 2.45) is 0 Å². The van der Waals surface area contributed by atoms with Crippen LogP contribution >= 0.6 is 11.3 Å². The number of Topliss-reactive ketones (excluding diaryl/α,β-unsaturated/α-hetero) is 1. The second kappa shape index (κ2) is 7.80. The van der Waals surface area contributed by atoms with E-state index in [4.69, 9.17) is 4.74 Å². The minimum Gasteiger partial charge on any atom is -0.457 e. The van der Waals surface area contributed by atoms with Crippen molar-refractivity contribution >= 4 is 23.1 Å². The van der Waals surface area contributed by atoms with Crippen molar-refractivity contribution in [1.29, 1.82) is 0 Å². The number of fused-ring (bicyclic) bond motifs is 1. The van der Waals surface area contributed by atoms with Crippen molar-refractivity contribution in [2.45, 2.75) is 25.7 Å². The van der Waals surface area contributed by atoms with Crippen LogP contribution in [0.25, 0.3) is 10.6 Å². The van der Waals surface area contributed by atoms with E-state index in [0.717, 1.165) is 29.8 Å². The lowest BCUT2D eigenvalue weighted by molar-refractivity contribution is -0.141. The first-order valence-corrected chi connectivity index (χ1v) is 9.72. The van der Waals surface area contributed by atoms with Crippen molar-refractivity contribution in [3.8, 4) is 10.6 Å². The molecule has 0 aliphatic heterocycles. The molecule has 5 nitrogen and oxygen atoms in total. The summed E-state index contributed by atoms with van der Waals surface area (Å²) >= 11 is 1.45.